The van der Waals surface area contributed by atoms with Crippen molar-refractivity contribution in [2.45, 2.75) is 6.42 Å². The third kappa shape index (κ3) is 4.87. The van der Waals surface area contributed by atoms with Crippen LogP contribution in [-0.4, -0.2) is 33.3 Å². The van der Waals surface area contributed by atoms with E-state index in [1.807, 2.05) is 0 Å². The quantitative estimate of drug-likeness (QED) is 0.807. The van der Waals surface area contributed by atoms with Crippen molar-refractivity contribution in [2.24, 2.45) is 0 Å². The van der Waals surface area contributed by atoms with Crippen LogP contribution in [-0.2, 0) is 11.2 Å². The van der Waals surface area contributed by atoms with Gasteiger partial charge < -0.3 is 19.5 Å². The second kappa shape index (κ2) is 8.76. The van der Waals surface area contributed by atoms with Gasteiger partial charge in [0.25, 0.3) is 5.91 Å². The van der Waals surface area contributed by atoms with Crippen molar-refractivity contribution in [2.75, 3.05) is 27.4 Å². The number of benzene rings is 2. The molecule has 2 aromatic rings. The molecule has 0 saturated carbocycles. The van der Waals surface area contributed by atoms with Crippen molar-refractivity contribution in [3.05, 3.63) is 53.8 Å². The molecule has 0 bridgehead atoms. The molecule has 0 unspecified atom stereocenters. The zero-order chi connectivity index (χ0) is 17.4. The van der Waals surface area contributed by atoms with Gasteiger partial charge >= 0.3 is 0 Å². The van der Waals surface area contributed by atoms with E-state index in [9.17, 15) is 9.18 Å². The van der Waals surface area contributed by atoms with E-state index in [0.717, 1.165) is 5.56 Å². The van der Waals surface area contributed by atoms with E-state index in [4.69, 9.17) is 14.2 Å². The summed E-state index contributed by atoms with van der Waals surface area (Å²) < 4.78 is 28.7. The first-order chi connectivity index (χ1) is 11.6. The number of carbonyl (C=O) groups is 1. The SMILES string of the molecule is COc1cccc(OCC(=O)NCCc2ccc(F)cc2)c1OC. The lowest BCUT2D eigenvalue weighted by atomic mass is 10.1. The summed E-state index contributed by atoms with van der Waals surface area (Å²) in [5.74, 6) is 0.891. The van der Waals surface area contributed by atoms with Crippen LogP contribution < -0.4 is 19.5 Å². The molecule has 0 spiro atoms. The predicted octanol–water partition coefficient (Wildman–Crippen LogP) is 2.58. The highest BCUT2D eigenvalue weighted by molar-refractivity contribution is 5.77. The molecule has 0 aromatic heterocycles. The van der Waals surface area contributed by atoms with Gasteiger partial charge in [0.1, 0.15) is 5.82 Å². The van der Waals surface area contributed by atoms with Gasteiger partial charge in [-0.2, -0.15) is 0 Å². The van der Waals surface area contributed by atoms with Crippen LogP contribution in [0.4, 0.5) is 4.39 Å². The highest BCUT2D eigenvalue weighted by atomic mass is 19.1. The van der Waals surface area contributed by atoms with E-state index >= 15 is 0 Å². The maximum absolute atomic E-state index is 12.8. The Kier molecular flexibility index (Phi) is 6.42. The van der Waals surface area contributed by atoms with Crippen molar-refractivity contribution >= 4 is 5.91 Å². The molecule has 1 N–H and O–H groups in total. The number of hydrogen-bond acceptors (Lipinski definition) is 4. The Hall–Kier alpha value is -2.76. The first-order valence-corrected chi connectivity index (χ1v) is 7.49. The zero-order valence-electron chi connectivity index (χ0n) is 13.7. The van der Waals surface area contributed by atoms with Crippen LogP contribution >= 0.6 is 0 Å². The molecule has 2 rings (SSSR count). The first kappa shape index (κ1) is 17.6. The second-order valence-electron chi connectivity index (χ2n) is 5.01. The lowest BCUT2D eigenvalue weighted by Crippen LogP contribution is -2.30. The third-order valence-electron chi connectivity index (χ3n) is 3.37. The molecule has 0 heterocycles. The van der Waals surface area contributed by atoms with Gasteiger partial charge in [-0.15, -0.1) is 0 Å². The number of para-hydroxylation sites is 1. The number of rotatable bonds is 8. The fourth-order valence-electron chi connectivity index (χ4n) is 2.16. The zero-order valence-corrected chi connectivity index (χ0v) is 13.7. The Morgan fingerprint density at radius 1 is 1.04 bits per heavy atom. The Bertz CT molecular complexity index is 673. The van der Waals surface area contributed by atoms with Gasteiger partial charge in [0.05, 0.1) is 14.2 Å². The fourth-order valence-corrected chi connectivity index (χ4v) is 2.16. The summed E-state index contributed by atoms with van der Waals surface area (Å²) in [5, 5.41) is 2.75. The maximum Gasteiger partial charge on any atom is 0.257 e. The highest BCUT2D eigenvalue weighted by Crippen LogP contribution is 2.36. The summed E-state index contributed by atoms with van der Waals surface area (Å²) in [7, 11) is 3.04. The Balaban J connectivity index is 1.80. The van der Waals surface area contributed by atoms with E-state index in [0.29, 0.717) is 30.2 Å². The smallest absolute Gasteiger partial charge is 0.257 e. The molecule has 0 aliphatic heterocycles. The van der Waals surface area contributed by atoms with Gasteiger partial charge in [-0.3, -0.25) is 4.79 Å². The lowest BCUT2D eigenvalue weighted by Gasteiger charge is -2.13. The van der Waals surface area contributed by atoms with Crippen molar-refractivity contribution in [3.8, 4) is 17.2 Å². The minimum Gasteiger partial charge on any atom is -0.493 e. The van der Waals surface area contributed by atoms with Crippen LogP contribution in [0.1, 0.15) is 5.56 Å². The molecule has 5 nitrogen and oxygen atoms in total. The summed E-state index contributed by atoms with van der Waals surface area (Å²) in [6, 6.07) is 11.4. The molecule has 0 radical (unpaired) electrons. The summed E-state index contributed by atoms with van der Waals surface area (Å²) in [6.45, 7) is 0.315. The van der Waals surface area contributed by atoms with Crippen molar-refractivity contribution < 1.29 is 23.4 Å². The van der Waals surface area contributed by atoms with Crippen molar-refractivity contribution in [1.29, 1.82) is 0 Å². The number of ether oxygens (including phenoxy) is 3. The van der Waals surface area contributed by atoms with Crippen LogP contribution in [0, 0.1) is 5.82 Å². The van der Waals surface area contributed by atoms with Crippen LogP contribution in [0.3, 0.4) is 0 Å². The van der Waals surface area contributed by atoms with Gasteiger partial charge in [-0.05, 0) is 36.2 Å². The van der Waals surface area contributed by atoms with Crippen LogP contribution in [0.25, 0.3) is 0 Å². The van der Waals surface area contributed by atoms with Gasteiger partial charge in [0, 0.05) is 6.54 Å². The molecule has 0 atom stereocenters. The number of amides is 1. The minimum atomic E-state index is -0.275. The number of hydrogen-bond donors (Lipinski definition) is 1. The van der Waals surface area contributed by atoms with E-state index in [1.165, 1.54) is 26.4 Å². The third-order valence-corrected chi connectivity index (χ3v) is 3.37. The topological polar surface area (TPSA) is 56.8 Å². The minimum absolute atomic E-state index is 0.132. The van der Waals surface area contributed by atoms with Gasteiger partial charge in [-0.25, -0.2) is 4.39 Å². The Morgan fingerprint density at radius 3 is 2.42 bits per heavy atom. The number of methoxy groups -OCH3 is 2. The summed E-state index contributed by atoms with van der Waals surface area (Å²) in [6.07, 6.45) is 0.620. The number of nitrogens with one attached hydrogen (secondary N) is 1. The van der Waals surface area contributed by atoms with E-state index < -0.39 is 0 Å². The maximum atomic E-state index is 12.8. The average Bonchev–Trinajstić information content (AvgIpc) is 2.61. The molecule has 0 aliphatic rings. The van der Waals surface area contributed by atoms with E-state index in [2.05, 4.69) is 5.32 Å². The standard InChI is InChI=1S/C18H20FNO4/c1-22-15-4-3-5-16(18(15)23-2)24-12-17(21)20-11-10-13-6-8-14(19)9-7-13/h3-9H,10-12H2,1-2H3,(H,20,21). The predicted molar refractivity (Wildman–Crippen MR) is 88.2 cm³/mol. The Labute approximate surface area is 140 Å². The second-order valence-corrected chi connectivity index (χ2v) is 5.01. The molecule has 128 valence electrons. The molecule has 1 amide bonds. The summed E-state index contributed by atoms with van der Waals surface area (Å²) in [5.41, 5.74) is 0.951. The van der Waals surface area contributed by atoms with Crippen LogP contribution in [0.5, 0.6) is 17.2 Å². The lowest BCUT2D eigenvalue weighted by molar-refractivity contribution is -0.123. The Morgan fingerprint density at radius 2 is 1.75 bits per heavy atom. The molecule has 0 saturated heterocycles. The molecular weight excluding hydrogens is 313 g/mol. The van der Waals surface area contributed by atoms with Crippen LogP contribution in [0.2, 0.25) is 0 Å². The molecular formula is C18H20FNO4. The monoisotopic (exact) mass is 333 g/mol. The summed E-state index contributed by atoms with van der Waals surface area (Å²) >= 11 is 0. The average molecular weight is 333 g/mol. The van der Waals surface area contributed by atoms with Gasteiger partial charge in [0.15, 0.2) is 18.1 Å². The highest BCUT2D eigenvalue weighted by Gasteiger charge is 2.12. The largest absolute Gasteiger partial charge is 0.493 e. The van der Waals surface area contributed by atoms with Crippen LogP contribution in [0.15, 0.2) is 42.5 Å². The molecule has 0 fully saturated rings. The van der Waals surface area contributed by atoms with Gasteiger partial charge in [-0.1, -0.05) is 18.2 Å². The number of carbonyl (C=O) groups excluding carboxylic acids is 1. The first-order valence-electron chi connectivity index (χ1n) is 7.49. The molecule has 24 heavy (non-hydrogen) atoms. The summed E-state index contributed by atoms with van der Waals surface area (Å²) in [4.78, 5) is 11.8. The van der Waals surface area contributed by atoms with Crippen molar-refractivity contribution in [1.82, 2.24) is 5.32 Å². The molecule has 6 heteroatoms. The van der Waals surface area contributed by atoms with E-state index in [1.54, 1.807) is 30.3 Å². The van der Waals surface area contributed by atoms with E-state index in [-0.39, 0.29) is 18.3 Å². The molecule has 0 aliphatic carbocycles. The fraction of sp³-hybridized carbons (Fsp3) is 0.278. The van der Waals surface area contributed by atoms with Crippen molar-refractivity contribution in [3.63, 3.8) is 0 Å². The van der Waals surface area contributed by atoms with Gasteiger partial charge in [0.2, 0.25) is 5.75 Å². The number of halogens is 1. The molecule has 2 aromatic carbocycles. The normalized spacial score (nSPS) is 10.1.